The smallest absolute Gasteiger partial charge is 0.131 e. The lowest BCUT2D eigenvalue weighted by atomic mass is 10.2. The third kappa shape index (κ3) is 0.974. The number of hydrogen-bond donors (Lipinski definition) is 4. The predicted octanol–water partition coefficient (Wildman–Crippen LogP) is 0.845. The third-order valence-electron chi connectivity index (χ3n) is 1.23. The molecule has 54 valence electrons. The number of hydrogen-bond acceptors (Lipinski definition) is 4. The number of rotatable bonds is 0. The molecule has 0 aliphatic heterocycles. The summed E-state index contributed by atoms with van der Waals surface area (Å²) in [6.07, 6.45) is 0. The summed E-state index contributed by atoms with van der Waals surface area (Å²) in [7, 11) is 0. The maximum Gasteiger partial charge on any atom is 0.131 e. The fourth-order valence-corrected chi connectivity index (χ4v) is 0.816. The number of aromatic hydroxyl groups is 1. The van der Waals surface area contributed by atoms with Gasteiger partial charge in [0.15, 0.2) is 0 Å². The summed E-state index contributed by atoms with van der Waals surface area (Å²) in [6.45, 7) is 0. The van der Waals surface area contributed by atoms with Crippen molar-refractivity contribution < 1.29 is 5.11 Å². The molecule has 0 saturated heterocycles. The zero-order valence-electron chi connectivity index (χ0n) is 5.20. The minimum atomic E-state index is 0.0510. The first-order chi connectivity index (χ1) is 4.63. The molecule has 1 rings (SSSR count). The van der Waals surface area contributed by atoms with Crippen LogP contribution in [0.5, 0.6) is 5.75 Å². The summed E-state index contributed by atoms with van der Waals surface area (Å²) in [4.78, 5) is 0.333. The van der Waals surface area contributed by atoms with Gasteiger partial charge in [0.1, 0.15) is 5.75 Å². The average Bonchev–Trinajstić information content (AvgIpc) is 1.93. The van der Waals surface area contributed by atoms with Gasteiger partial charge in [-0.15, -0.1) is 12.6 Å². The molecule has 0 bridgehead atoms. The topological polar surface area (TPSA) is 72.3 Å². The zero-order valence-corrected chi connectivity index (χ0v) is 6.10. The molecule has 0 heterocycles. The molecular weight excluding hydrogens is 148 g/mol. The van der Waals surface area contributed by atoms with Crippen molar-refractivity contribution in [3.63, 3.8) is 0 Å². The molecule has 0 atom stereocenters. The van der Waals surface area contributed by atoms with Crippen LogP contribution in [-0.4, -0.2) is 5.11 Å². The van der Waals surface area contributed by atoms with Crippen LogP contribution in [0.15, 0.2) is 17.0 Å². The summed E-state index contributed by atoms with van der Waals surface area (Å²) in [5, 5.41) is 9.01. The van der Waals surface area contributed by atoms with E-state index in [4.69, 9.17) is 16.6 Å². The second-order valence-corrected chi connectivity index (χ2v) is 2.38. The van der Waals surface area contributed by atoms with E-state index in [2.05, 4.69) is 12.6 Å². The second kappa shape index (κ2) is 2.30. The van der Waals surface area contributed by atoms with Gasteiger partial charge in [-0.1, -0.05) is 0 Å². The lowest BCUT2D eigenvalue weighted by Gasteiger charge is -2.03. The van der Waals surface area contributed by atoms with E-state index in [1.165, 1.54) is 12.1 Å². The first-order valence-corrected chi connectivity index (χ1v) is 3.13. The van der Waals surface area contributed by atoms with E-state index >= 15 is 0 Å². The van der Waals surface area contributed by atoms with Gasteiger partial charge in [-0.2, -0.15) is 0 Å². The van der Waals surface area contributed by atoms with Crippen LogP contribution >= 0.6 is 12.6 Å². The van der Waals surface area contributed by atoms with Crippen LogP contribution in [0.1, 0.15) is 0 Å². The normalized spacial score (nSPS) is 9.70. The molecule has 0 saturated carbocycles. The number of nitrogen functional groups attached to an aromatic ring is 2. The second-order valence-electron chi connectivity index (χ2n) is 1.94. The van der Waals surface area contributed by atoms with Crippen molar-refractivity contribution in [3.8, 4) is 5.75 Å². The summed E-state index contributed by atoms with van der Waals surface area (Å²) in [5.74, 6) is 0.0510. The predicted molar refractivity (Wildman–Crippen MR) is 44.2 cm³/mol. The Kier molecular flexibility index (Phi) is 1.63. The fraction of sp³-hybridized carbons (Fsp3) is 0. The van der Waals surface area contributed by atoms with Crippen molar-refractivity contribution in [3.05, 3.63) is 12.1 Å². The highest BCUT2D eigenvalue weighted by Crippen LogP contribution is 2.31. The van der Waals surface area contributed by atoms with E-state index in [0.717, 1.165) is 0 Å². The molecule has 0 fully saturated rings. The van der Waals surface area contributed by atoms with E-state index < -0.39 is 0 Å². The lowest BCUT2D eigenvalue weighted by Crippen LogP contribution is -1.94. The highest BCUT2D eigenvalue weighted by molar-refractivity contribution is 7.80. The highest BCUT2D eigenvalue weighted by Gasteiger charge is 2.02. The number of thiol groups is 1. The molecular formula is C6H8N2OS. The molecule has 5 N–H and O–H groups in total. The Bertz CT molecular complexity index is 235. The van der Waals surface area contributed by atoms with Crippen LogP contribution in [-0.2, 0) is 0 Å². The highest BCUT2D eigenvalue weighted by atomic mass is 32.1. The molecule has 0 aliphatic rings. The van der Waals surface area contributed by atoms with Crippen LogP contribution in [0.25, 0.3) is 0 Å². The van der Waals surface area contributed by atoms with Crippen LogP contribution in [0, 0.1) is 0 Å². The lowest BCUT2D eigenvalue weighted by molar-refractivity contribution is 0.463. The van der Waals surface area contributed by atoms with Gasteiger partial charge in [0.05, 0.1) is 16.3 Å². The van der Waals surface area contributed by atoms with Crippen molar-refractivity contribution >= 4 is 24.0 Å². The minimum Gasteiger partial charge on any atom is -0.507 e. The van der Waals surface area contributed by atoms with Gasteiger partial charge < -0.3 is 16.6 Å². The Morgan fingerprint density at radius 3 is 2.40 bits per heavy atom. The number of phenolic OH excluding ortho intramolecular Hbond substituents is 1. The van der Waals surface area contributed by atoms with Gasteiger partial charge in [0, 0.05) is 0 Å². The Balaban J connectivity index is 3.34. The van der Waals surface area contributed by atoms with E-state index in [1.807, 2.05) is 0 Å². The van der Waals surface area contributed by atoms with Gasteiger partial charge in [0.2, 0.25) is 0 Å². The quantitative estimate of drug-likeness (QED) is 0.255. The fourth-order valence-electron chi connectivity index (χ4n) is 0.612. The molecule has 10 heavy (non-hydrogen) atoms. The first kappa shape index (κ1) is 7.08. The van der Waals surface area contributed by atoms with Crippen molar-refractivity contribution in [2.45, 2.75) is 4.90 Å². The summed E-state index contributed by atoms with van der Waals surface area (Å²) < 4.78 is 0. The maximum absolute atomic E-state index is 9.01. The molecule has 0 unspecified atom stereocenters. The Hall–Kier alpha value is -1.03. The van der Waals surface area contributed by atoms with Crippen molar-refractivity contribution in [2.24, 2.45) is 0 Å². The Morgan fingerprint density at radius 2 is 1.90 bits per heavy atom. The van der Waals surface area contributed by atoms with E-state index in [9.17, 15) is 0 Å². The molecule has 0 radical (unpaired) electrons. The van der Waals surface area contributed by atoms with Gasteiger partial charge in [-0.25, -0.2) is 0 Å². The summed E-state index contributed by atoms with van der Waals surface area (Å²) >= 11 is 3.93. The van der Waals surface area contributed by atoms with E-state index in [-0.39, 0.29) is 5.75 Å². The third-order valence-corrected chi connectivity index (χ3v) is 1.70. The molecule has 0 amide bonds. The molecule has 0 spiro atoms. The first-order valence-electron chi connectivity index (χ1n) is 2.69. The Labute approximate surface area is 64.1 Å². The summed E-state index contributed by atoms with van der Waals surface area (Å²) in [6, 6.07) is 2.98. The summed E-state index contributed by atoms with van der Waals surface area (Å²) in [5.41, 5.74) is 11.6. The number of phenols is 1. The van der Waals surface area contributed by atoms with Crippen LogP contribution in [0.2, 0.25) is 0 Å². The van der Waals surface area contributed by atoms with Crippen molar-refractivity contribution in [2.75, 3.05) is 11.5 Å². The monoisotopic (exact) mass is 156 g/mol. The molecule has 0 aliphatic carbocycles. The zero-order chi connectivity index (χ0) is 7.72. The van der Waals surface area contributed by atoms with Gasteiger partial charge in [-0.3, -0.25) is 0 Å². The van der Waals surface area contributed by atoms with Crippen molar-refractivity contribution in [1.29, 1.82) is 0 Å². The van der Waals surface area contributed by atoms with Crippen LogP contribution in [0.4, 0.5) is 11.4 Å². The molecule has 1 aromatic carbocycles. The molecule has 0 aromatic heterocycles. The number of benzene rings is 1. The average molecular weight is 156 g/mol. The number of anilines is 2. The SMILES string of the molecule is Nc1ccc(O)c(S)c1N. The van der Waals surface area contributed by atoms with Gasteiger partial charge in [0.25, 0.3) is 0 Å². The minimum absolute atomic E-state index is 0.0510. The Morgan fingerprint density at radius 1 is 1.30 bits per heavy atom. The van der Waals surface area contributed by atoms with Crippen LogP contribution in [0.3, 0.4) is 0 Å². The van der Waals surface area contributed by atoms with Gasteiger partial charge >= 0.3 is 0 Å². The largest absolute Gasteiger partial charge is 0.507 e. The molecule has 1 aromatic rings. The molecule has 4 heteroatoms. The van der Waals surface area contributed by atoms with E-state index in [0.29, 0.717) is 16.3 Å². The number of nitrogens with two attached hydrogens (primary N) is 2. The standard InChI is InChI=1S/C6H8N2OS/c7-3-1-2-4(9)6(10)5(3)8/h1-2,9-10H,7-8H2. The molecule has 3 nitrogen and oxygen atoms in total. The van der Waals surface area contributed by atoms with Crippen molar-refractivity contribution in [1.82, 2.24) is 0 Å². The van der Waals surface area contributed by atoms with Crippen LogP contribution < -0.4 is 11.5 Å². The van der Waals surface area contributed by atoms with E-state index in [1.54, 1.807) is 0 Å². The maximum atomic E-state index is 9.01. The van der Waals surface area contributed by atoms with Gasteiger partial charge in [-0.05, 0) is 12.1 Å².